The maximum Gasteiger partial charge on any atom is 0.132 e. The average Bonchev–Trinajstić information content (AvgIpc) is 2.99. The molecule has 2 heterocycles. The van der Waals surface area contributed by atoms with Crippen LogP contribution in [0.3, 0.4) is 0 Å². The minimum absolute atomic E-state index is 0.562. The van der Waals surface area contributed by atoms with Gasteiger partial charge in [-0.2, -0.15) is 0 Å². The highest BCUT2D eigenvalue weighted by Gasteiger charge is 2.15. The first kappa shape index (κ1) is 13.8. The highest BCUT2D eigenvalue weighted by molar-refractivity contribution is 5.48. The molecule has 2 aromatic heterocycles. The summed E-state index contributed by atoms with van der Waals surface area (Å²) in [5.41, 5.74) is 1.19. The van der Waals surface area contributed by atoms with E-state index in [9.17, 15) is 0 Å². The van der Waals surface area contributed by atoms with Gasteiger partial charge in [0.05, 0.1) is 0 Å². The fourth-order valence-electron chi connectivity index (χ4n) is 2.70. The molecular weight excluding hydrogens is 262 g/mol. The highest BCUT2D eigenvalue weighted by atomic mass is 15.1. The van der Waals surface area contributed by atoms with Crippen LogP contribution in [0.1, 0.15) is 37.1 Å². The van der Waals surface area contributed by atoms with E-state index < -0.39 is 0 Å². The zero-order valence-corrected chi connectivity index (χ0v) is 12.3. The van der Waals surface area contributed by atoms with Gasteiger partial charge in [0.2, 0.25) is 0 Å². The molecule has 0 spiro atoms. The molecule has 2 N–H and O–H groups in total. The number of hydrogen-bond donors (Lipinski definition) is 2. The summed E-state index contributed by atoms with van der Waals surface area (Å²) in [5, 5.41) is 6.87. The lowest BCUT2D eigenvalue weighted by Crippen LogP contribution is -2.16. The van der Waals surface area contributed by atoms with E-state index in [1.165, 1.54) is 31.2 Å². The molecule has 5 heteroatoms. The minimum Gasteiger partial charge on any atom is -0.367 e. The first-order valence-corrected chi connectivity index (χ1v) is 7.54. The Hall–Kier alpha value is -2.17. The lowest BCUT2D eigenvalue weighted by atomic mass is 10.2. The molecule has 0 aromatic carbocycles. The van der Waals surface area contributed by atoms with Crippen molar-refractivity contribution >= 4 is 11.6 Å². The number of rotatable bonds is 5. The van der Waals surface area contributed by atoms with Gasteiger partial charge < -0.3 is 10.6 Å². The quantitative estimate of drug-likeness (QED) is 0.882. The van der Waals surface area contributed by atoms with Crippen molar-refractivity contribution in [1.82, 2.24) is 15.0 Å². The van der Waals surface area contributed by atoms with E-state index in [2.05, 4.69) is 25.6 Å². The largest absolute Gasteiger partial charge is 0.367 e. The maximum atomic E-state index is 4.48. The SMILES string of the molecule is Cc1nc(NCc2ccncc2)cc(NC2CCCC2)n1. The molecule has 1 fully saturated rings. The molecule has 0 radical (unpaired) electrons. The van der Waals surface area contributed by atoms with Crippen LogP contribution in [0, 0.1) is 6.92 Å². The Bertz CT molecular complexity index is 578. The first-order valence-electron chi connectivity index (χ1n) is 7.54. The number of aryl methyl sites for hydroxylation is 1. The van der Waals surface area contributed by atoms with Crippen molar-refractivity contribution in [1.29, 1.82) is 0 Å². The number of nitrogens with one attached hydrogen (secondary N) is 2. The molecule has 0 atom stereocenters. The molecule has 3 rings (SSSR count). The van der Waals surface area contributed by atoms with Crippen LogP contribution in [0.5, 0.6) is 0 Å². The molecule has 0 aliphatic heterocycles. The molecule has 0 bridgehead atoms. The van der Waals surface area contributed by atoms with E-state index in [4.69, 9.17) is 0 Å². The van der Waals surface area contributed by atoms with E-state index in [1.807, 2.05) is 25.1 Å². The Morgan fingerprint density at radius 2 is 1.81 bits per heavy atom. The van der Waals surface area contributed by atoms with Crippen LogP contribution in [0.2, 0.25) is 0 Å². The average molecular weight is 283 g/mol. The summed E-state index contributed by atoms with van der Waals surface area (Å²) in [5.74, 6) is 2.57. The maximum absolute atomic E-state index is 4.48. The molecule has 0 saturated heterocycles. The summed E-state index contributed by atoms with van der Waals surface area (Å²) in [6.07, 6.45) is 8.71. The predicted octanol–water partition coefficient (Wildman–Crippen LogP) is 3.15. The molecule has 1 aliphatic carbocycles. The van der Waals surface area contributed by atoms with Gasteiger partial charge in [-0.15, -0.1) is 0 Å². The Labute approximate surface area is 125 Å². The highest BCUT2D eigenvalue weighted by Crippen LogP contribution is 2.22. The Kier molecular flexibility index (Phi) is 4.28. The first-order chi connectivity index (χ1) is 10.3. The van der Waals surface area contributed by atoms with Gasteiger partial charge >= 0.3 is 0 Å². The van der Waals surface area contributed by atoms with Crippen LogP contribution >= 0.6 is 0 Å². The third kappa shape index (κ3) is 3.90. The zero-order chi connectivity index (χ0) is 14.5. The predicted molar refractivity (Wildman–Crippen MR) is 84.2 cm³/mol. The van der Waals surface area contributed by atoms with Crippen LogP contribution in [-0.2, 0) is 6.54 Å². The minimum atomic E-state index is 0.562. The summed E-state index contributed by atoms with van der Waals surface area (Å²) < 4.78 is 0. The van der Waals surface area contributed by atoms with Crippen molar-refractivity contribution in [3.63, 3.8) is 0 Å². The van der Waals surface area contributed by atoms with Gasteiger partial charge in [-0.05, 0) is 37.5 Å². The summed E-state index contributed by atoms with van der Waals surface area (Å²) in [4.78, 5) is 12.9. The molecular formula is C16H21N5. The lowest BCUT2D eigenvalue weighted by molar-refractivity contribution is 0.748. The fraction of sp³-hybridized carbons (Fsp3) is 0.438. The normalized spacial score (nSPS) is 15.1. The van der Waals surface area contributed by atoms with Crippen molar-refractivity contribution in [3.05, 3.63) is 42.0 Å². The molecule has 1 saturated carbocycles. The van der Waals surface area contributed by atoms with Crippen molar-refractivity contribution in [2.45, 2.75) is 45.2 Å². The van der Waals surface area contributed by atoms with Gasteiger partial charge in [0.15, 0.2) is 0 Å². The smallest absolute Gasteiger partial charge is 0.132 e. The van der Waals surface area contributed by atoms with Crippen LogP contribution in [-0.4, -0.2) is 21.0 Å². The summed E-state index contributed by atoms with van der Waals surface area (Å²) >= 11 is 0. The number of pyridine rings is 1. The number of anilines is 2. The Balaban J connectivity index is 1.65. The lowest BCUT2D eigenvalue weighted by Gasteiger charge is -2.14. The molecule has 21 heavy (non-hydrogen) atoms. The van der Waals surface area contributed by atoms with Gasteiger partial charge in [0.1, 0.15) is 17.5 Å². The van der Waals surface area contributed by atoms with E-state index in [1.54, 1.807) is 12.4 Å². The molecule has 0 amide bonds. The molecule has 1 aliphatic rings. The summed E-state index contributed by atoms with van der Waals surface area (Å²) in [6.45, 7) is 2.67. The van der Waals surface area contributed by atoms with Crippen LogP contribution < -0.4 is 10.6 Å². The van der Waals surface area contributed by atoms with E-state index in [0.29, 0.717) is 6.04 Å². The molecule has 2 aromatic rings. The summed E-state index contributed by atoms with van der Waals surface area (Å²) in [6, 6.07) is 6.55. The zero-order valence-electron chi connectivity index (χ0n) is 12.3. The van der Waals surface area contributed by atoms with Gasteiger partial charge in [-0.25, -0.2) is 9.97 Å². The van der Waals surface area contributed by atoms with Crippen molar-refractivity contribution in [3.8, 4) is 0 Å². The monoisotopic (exact) mass is 283 g/mol. The fourth-order valence-corrected chi connectivity index (χ4v) is 2.70. The second kappa shape index (κ2) is 6.52. The standard InChI is InChI=1S/C16H21N5/c1-12-19-15(18-11-13-6-8-17-9-7-13)10-16(20-12)21-14-4-2-3-5-14/h6-10,14H,2-5,11H2,1H3,(H2,18,19,20,21). The van der Waals surface area contributed by atoms with Crippen LogP contribution in [0.15, 0.2) is 30.6 Å². The van der Waals surface area contributed by atoms with Crippen molar-refractivity contribution in [2.75, 3.05) is 10.6 Å². The number of hydrogen-bond acceptors (Lipinski definition) is 5. The van der Waals surface area contributed by atoms with Crippen molar-refractivity contribution in [2.24, 2.45) is 0 Å². The molecule has 110 valence electrons. The molecule has 0 unspecified atom stereocenters. The van der Waals surface area contributed by atoms with E-state index in [0.717, 1.165) is 24.0 Å². The second-order valence-electron chi connectivity index (χ2n) is 5.52. The molecule has 5 nitrogen and oxygen atoms in total. The third-order valence-electron chi connectivity index (χ3n) is 3.77. The number of aromatic nitrogens is 3. The van der Waals surface area contributed by atoms with E-state index >= 15 is 0 Å². The van der Waals surface area contributed by atoms with Crippen LogP contribution in [0.25, 0.3) is 0 Å². The van der Waals surface area contributed by atoms with Gasteiger partial charge in [0, 0.05) is 31.0 Å². The topological polar surface area (TPSA) is 62.7 Å². The van der Waals surface area contributed by atoms with Gasteiger partial charge in [-0.3, -0.25) is 4.98 Å². The summed E-state index contributed by atoms with van der Waals surface area (Å²) in [7, 11) is 0. The van der Waals surface area contributed by atoms with Gasteiger partial charge in [0.25, 0.3) is 0 Å². The third-order valence-corrected chi connectivity index (χ3v) is 3.77. The number of nitrogens with zero attached hydrogens (tertiary/aromatic N) is 3. The van der Waals surface area contributed by atoms with Crippen LogP contribution in [0.4, 0.5) is 11.6 Å². The van der Waals surface area contributed by atoms with Crippen molar-refractivity contribution < 1.29 is 0 Å². The Morgan fingerprint density at radius 3 is 2.57 bits per heavy atom. The van der Waals surface area contributed by atoms with Gasteiger partial charge in [-0.1, -0.05) is 12.8 Å². The van der Waals surface area contributed by atoms with E-state index in [-0.39, 0.29) is 0 Å². The second-order valence-corrected chi connectivity index (χ2v) is 5.52. The Morgan fingerprint density at radius 1 is 1.10 bits per heavy atom.